The molecule has 0 spiro atoms. The summed E-state index contributed by atoms with van der Waals surface area (Å²) in [6.07, 6.45) is 0. The van der Waals surface area contributed by atoms with E-state index in [1.807, 2.05) is 36.4 Å². The van der Waals surface area contributed by atoms with Crippen LogP contribution < -0.4 is 0 Å². The van der Waals surface area contributed by atoms with Gasteiger partial charge in [0.1, 0.15) is 11.0 Å². The Balaban J connectivity index is 2.56. The molecule has 0 atom stereocenters. The molecular formula is C12H6Br2N2. The van der Waals surface area contributed by atoms with Crippen LogP contribution in [0.1, 0.15) is 0 Å². The zero-order valence-corrected chi connectivity index (χ0v) is 11.3. The Hall–Kier alpha value is -1.00. The summed E-state index contributed by atoms with van der Waals surface area (Å²) in [6, 6.07) is 11.8. The van der Waals surface area contributed by atoms with Crippen molar-refractivity contribution < 1.29 is 0 Å². The summed E-state index contributed by atoms with van der Waals surface area (Å²) in [5.41, 5.74) is 3.59. The first-order valence-electron chi connectivity index (χ1n) is 4.76. The SMILES string of the molecule is Brc1ccc(Br)c2nc3ccccc3nc12. The molecule has 0 aliphatic rings. The van der Waals surface area contributed by atoms with Crippen molar-refractivity contribution in [1.82, 2.24) is 9.97 Å². The quantitative estimate of drug-likeness (QED) is 0.571. The Labute approximate surface area is 109 Å². The third-order valence-electron chi connectivity index (χ3n) is 2.40. The molecule has 16 heavy (non-hydrogen) atoms. The topological polar surface area (TPSA) is 25.8 Å². The molecule has 0 saturated heterocycles. The number of nitrogens with zero attached hydrogens (tertiary/aromatic N) is 2. The van der Waals surface area contributed by atoms with Gasteiger partial charge in [0.25, 0.3) is 0 Å². The maximum atomic E-state index is 4.60. The minimum absolute atomic E-state index is 0.882. The number of para-hydroxylation sites is 2. The van der Waals surface area contributed by atoms with E-state index in [9.17, 15) is 0 Å². The Bertz CT molecular complexity index is 635. The van der Waals surface area contributed by atoms with E-state index in [0.717, 1.165) is 31.0 Å². The Morgan fingerprint density at radius 1 is 0.688 bits per heavy atom. The molecule has 0 aliphatic carbocycles. The lowest BCUT2D eigenvalue weighted by molar-refractivity contribution is 1.38. The third-order valence-corrected chi connectivity index (χ3v) is 3.68. The molecule has 2 aromatic carbocycles. The van der Waals surface area contributed by atoms with Gasteiger partial charge in [-0.15, -0.1) is 0 Å². The average Bonchev–Trinajstić information content (AvgIpc) is 2.32. The molecule has 0 N–H and O–H groups in total. The van der Waals surface area contributed by atoms with Crippen molar-refractivity contribution in [2.75, 3.05) is 0 Å². The molecular weight excluding hydrogens is 332 g/mol. The first kappa shape index (κ1) is 10.2. The Morgan fingerprint density at radius 2 is 1.12 bits per heavy atom. The standard InChI is InChI=1S/C12H6Br2N2/c13-7-5-6-8(14)12-11(7)15-9-3-1-2-4-10(9)16-12/h1-6H. The zero-order valence-electron chi connectivity index (χ0n) is 8.11. The molecule has 78 valence electrons. The van der Waals surface area contributed by atoms with Crippen LogP contribution in [0.5, 0.6) is 0 Å². The van der Waals surface area contributed by atoms with Crippen LogP contribution in [0.3, 0.4) is 0 Å². The molecule has 0 fully saturated rings. The summed E-state index contributed by atoms with van der Waals surface area (Å²) in [4.78, 5) is 9.20. The van der Waals surface area contributed by atoms with Gasteiger partial charge >= 0.3 is 0 Å². The fraction of sp³-hybridized carbons (Fsp3) is 0. The lowest BCUT2D eigenvalue weighted by Gasteiger charge is -2.03. The molecule has 0 bridgehead atoms. The highest BCUT2D eigenvalue weighted by Gasteiger charge is 2.07. The predicted molar refractivity (Wildman–Crippen MR) is 72.4 cm³/mol. The Morgan fingerprint density at radius 3 is 1.56 bits per heavy atom. The third kappa shape index (κ3) is 1.53. The lowest BCUT2D eigenvalue weighted by Crippen LogP contribution is -1.88. The monoisotopic (exact) mass is 336 g/mol. The van der Waals surface area contributed by atoms with Crippen LogP contribution in [0.15, 0.2) is 45.3 Å². The fourth-order valence-corrected chi connectivity index (χ4v) is 2.45. The molecule has 4 heteroatoms. The van der Waals surface area contributed by atoms with E-state index in [0.29, 0.717) is 0 Å². The average molecular weight is 338 g/mol. The molecule has 0 saturated carbocycles. The first-order valence-corrected chi connectivity index (χ1v) is 6.35. The van der Waals surface area contributed by atoms with Gasteiger partial charge in [-0.3, -0.25) is 0 Å². The number of rotatable bonds is 0. The summed E-state index contributed by atoms with van der Waals surface area (Å²) in [7, 11) is 0. The minimum atomic E-state index is 0.882. The second kappa shape index (κ2) is 3.79. The van der Waals surface area contributed by atoms with Gasteiger partial charge < -0.3 is 0 Å². The van der Waals surface area contributed by atoms with Crippen LogP contribution in [0, 0.1) is 0 Å². The Kier molecular flexibility index (Phi) is 2.41. The summed E-state index contributed by atoms with van der Waals surface area (Å²) in [5, 5.41) is 0. The minimum Gasteiger partial charge on any atom is -0.243 e. The molecule has 3 rings (SSSR count). The zero-order chi connectivity index (χ0) is 11.1. The van der Waals surface area contributed by atoms with Crippen LogP contribution in [0.2, 0.25) is 0 Å². The second-order valence-electron chi connectivity index (χ2n) is 3.44. The predicted octanol–water partition coefficient (Wildman–Crippen LogP) is 4.31. The molecule has 1 aromatic heterocycles. The van der Waals surface area contributed by atoms with Gasteiger partial charge in [0.2, 0.25) is 0 Å². The maximum absolute atomic E-state index is 4.60. The molecule has 0 radical (unpaired) electrons. The summed E-state index contributed by atoms with van der Waals surface area (Å²) < 4.78 is 1.92. The van der Waals surface area contributed by atoms with Crippen molar-refractivity contribution in [1.29, 1.82) is 0 Å². The van der Waals surface area contributed by atoms with Gasteiger partial charge in [-0.25, -0.2) is 9.97 Å². The van der Waals surface area contributed by atoms with E-state index >= 15 is 0 Å². The van der Waals surface area contributed by atoms with Crippen molar-refractivity contribution in [2.45, 2.75) is 0 Å². The number of hydrogen-bond donors (Lipinski definition) is 0. The molecule has 0 amide bonds. The van der Waals surface area contributed by atoms with Crippen LogP contribution in [-0.4, -0.2) is 9.97 Å². The van der Waals surface area contributed by atoms with Gasteiger partial charge in [-0.05, 0) is 56.1 Å². The smallest absolute Gasteiger partial charge is 0.105 e. The molecule has 3 aromatic rings. The number of halogens is 2. The van der Waals surface area contributed by atoms with Gasteiger partial charge in [0, 0.05) is 8.95 Å². The maximum Gasteiger partial charge on any atom is 0.105 e. The van der Waals surface area contributed by atoms with E-state index < -0.39 is 0 Å². The van der Waals surface area contributed by atoms with E-state index in [1.54, 1.807) is 0 Å². The van der Waals surface area contributed by atoms with E-state index in [2.05, 4.69) is 41.8 Å². The van der Waals surface area contributed by atoms with Crippen molar-refractivity contribution in [2.24, 2.45) is 0 Å². The number of fused-ring (bicyclic) bond motifs is 2. The molecule has 2 nitrogen and oxygen atoms in total. The largest absolute Gasteiger partial charge is 0.243 e. The van der Waals surface area contributed by atoms with Crippen molar-refractivity contribution in [3.63, 3.8) is 0 Å². The molecule has 1 heterocycles. The van der Waals surface area contributed by atoms with Crippen molar-refractivity contribution in [3.8, 4) is 0 Å². The van der Waals surface area contributed by atoms with E-state index in [-0.39, 0.29) is 0 Å². The van der Waals surface area contributed by atoms with Crippen molar-refractivity contribution >= 4 is 53.9 Å². The van der Waals surface area contributed by atoms with Gasteiger partial charge in [0.05, 0.1) is 11.0 Å². The summed E-state index contributed by atoms with van der Waals surface area (Å²) in [5.74, 6) is 0. The van der Waals surface area contributed by atoms with Crippen LogP contribution in [0.25, 0.3) is 22.1 Å². The molecule has 0 aliphatic heterocycles. The van der Waals surface area contributed by atoms with E-state index in [4.69, 9.17) is 0 Å². The highest BCUT2D eigenvalue weighted by Crippen LogP contribution is 2.28. The highest BCUT2D eigenvalue weighted by atomic mass is 79.9. The van der Waals surface area contributed by atoms with Gasteiger partial charge in [0.15, 0.2) is 0 Å². The highest BCUT2D eigenvalue weighted by molar-refractivity contribution is 9.11. The van der Waals surface area contributed by atoms with Gasteiger partial charge in [-0.1, -0.05) is 12.1 Å². The number of aromatic nitrogens is 2. The fourth-order valence-electron chi connectivity index (χ4n) is 1.64. The lowest BCUT2D eigenvalue weighted by atomic mass is 10.2. The second-order valence-corrected chi connectivity index (χ2v) is 5.15. The first-order chi connectivity index (χ1) is 7.75. The van der Waals surface area contributed by atoms with Crippen LogP contribution >= 0.6 is 31.9 Å². The molecule has 0 unspecified atom stereocenters. The van der Waals surface area contributed by atoms with Crippen molar-refractivity contribution in [3.05, 3.63) is 45.3 Å². The summed E-state index contributed by atoms with van der Waals surface area (Å²) in [6.45, 7) is 0. The normalized spacial score (nSPS) is 11.1. The van der Waals surface area contributed by atoms with Crippen LogP contribution in [-0.2, 0) is 0 Å². The van der Waals surface area contributed by atoms with Crippen LogP contribution in [0.4, 0.5) is 0 Å². The summed E-state index contributed by atoms with van der Waals surface area (Å²) >= 11 is 6.99. The number of hydrogen-bond acceptors (Lipinski definition) is 2. The van der Waals surface area contributed by atoms with Gasteiger partial charge in [-0.2, -0.15) is 0 Å². The van der Waals surface area contributed by atoms with E-state index in [1.165, 1.54) is 0 Å². The number of benzene rings is 2.